The Morgan fingerprint density at radius 1 is 1.16 bits per heavy atom. The number of nitrogens with one attached hydrogen (secondary N) is 2. The Labute approximate surface area is 154 Å². The molecule has 1 atom stereocenters. The average molecular weight is 362 g/mol. The summed E-state index contributed by atoms with van der Waals surface area (Å²) in [4.78, 5) is 16.0. The fourth-order valence-electron chi connectivity index (χ4n) is 2.73. The maximum Gasteiger partial charge on any atom is 0.237 e. The van der Waals surface area contributed by atoms with Crippen molar-refractivity contribution in [2.75, 3.05) is 6.54 Å². The number of carbonyl (C=O) groups excluding carboxylic acids is 1. The first-order valence-electron chi connectivity index (χ1n) is 8.43. The Hall–Kier alpha value is -2.11. The van der Waals surface area contributed by atoms with Gasteiger partial charge in [-0.25, -0.2) is 0 Å². The van der Waals surface area contributed by atoms with E-state index in [1.807, 2.05) is 36.4 Å². The normalized spacial score (nSPS) is 17.1. The van der Waals surface area contributed by atoms with E-state index in [2.05, 4.69) is 15.6 Å². The zero-order valence-corrected chi connectivity index (χ0v) is 14.9. The lowest BCUT2D eigenvalue weighted by Crippen LogP contribution is -2.42. The van der Waals surface area contributed by atoms with E-state index in [0.717, 1.165) is 42.7 Å². The van der Waals surface area contributed by atoms with Crippen LogP contribution in [0.3, 0.4) is 0 Å². The van der Waals surface area contributed by atoms with Crippen LogP contribution in [0, 0.1) is 0 Å². The summed E-state index contributed by atoms with van der Waals surface area (Å²) in [5.41, 5.74) is 2.18. The van der Waals surface area contributed by atoms with Gasteiger partial charge in [-0.05, 0) is 43.0 Å². The summed E-state index contributed by atoms with van der Waals surface area (Å²) < 4.78 is 5.75. The van der Waals surface area contributed by atoms with Crippen molar-refractivity contribution < 1.29 is 9.53 Å². The van der Waals surface area contributed by atoms with Gasteiger partial charge in [0, 0.05) is 31.0 Å². The highest BCUT2D eigenvalue weighted by atomic mass is 35.5. The smallest absolute Gasteiger partial charge is 0.237 e. The predicted molar refractivity (Wildman–Crippen MR) is 99.7 cm³/mol. The Morgan fingerprint density at radius 2 is 2.00 bits per heavy atom. The second-order valence-electron chi connectivity index (χ2n) is 6.01. The lowest BCUT2D eigenvalue weighted by Gasteiger charge is -2.15. The lowest BCUT2D eigenvalue weighted by atomic mass is 10.1. The van der Waals surface area contributed by atoms with Crippen molar-refractivity contribution in [1.82, 2.24) is 15.6 Å². The third-order valence-electron chi connectivity index (χ3n) is 4.14. The van der Waals surface area contributed by atoms with Gasteiger partial charge in [0.15, 0.2) is 0 Å². The molecule has 0 saturated carbocycles. The van der Waals surface area contributed by atoms with Gasteiger partial charge in [-0.1, -0.05) is 18.2 Å². The number of halogens is 1. The molecule has 1 aromatic heterocycles. The Kier molecular flexibility index (Phi) is 7.70. The van der Waals surface area contributed by atoms with E-state index in [1.165, 1.54) is 0 Å². The molecule has 0 spiro atoms. The molecule has 1 aliphatic rings. The number of hydrogen-bond acceptors (Lipinski definition) is 4. The zero-order valence-electron chi connectivity index (χ0n) is 14.1. The van der Waals surface area contributed by atoms with Crippen molar-refractivity contribution in [3.05, 3.63) is 59.9 Å². The first-order valence-corrected chi connectivity index (χ1v) is 8.43. The van der Waals surface area contributed by atoms with Crippen molar-refractivity contribution in [3.8, 4) is 5.75 Å². The summed E-state index contributed by atoms with van der Waals surface area (Å²) in [6.45, 7) is 1.98. The van der Waals surface area contributed by atoms with Gasteiger partial charge >= 0.3 is 0 Å². The minimum Gasteiger partial charge on any atom is -0.489 e. The fraction of sp³-hybridized carbons (Fsp3) is 0.368. The molecule has 0 bridgehead atoms. The SMILES string of the molecule is Cl.O=C1NCCCCC1NCc1ccc(OCc2cccnc2)cc1. The van der Waals surface area contributed by atoms with Crippen molar-refractivity contribution in [2.24, 2.45) is 0 Å². The quantitative estimate of drug-likeness (QED) is 0.830. The molecule has 3 rings (SSSR count). The fourth-order valence-corrected chi connectivity index (χ4v) is 2.73. The Morgan fingerprint density at radius 3 is 2.76 bits per heavy atom. The number of aromatic nitrogens is 1. The summed E-state index contributed by atoms with van der Waals surface area (Å²) >= 11 is 0. The largest absolute Gasteiger partial charge is 0.489 e. The van der Waals surface area contributed by atoms with Crippen molar-refractivity contribution in [1.29, 1.82) is 0 Å². The van der Waals surface area contributed by atoms with Crippen molar-refractivity contribution in [2.45, 2.75) is 38.5 Å². The van der Waals surface area contributed by atoms with E-state index >= 15 is 0 Å². The molecule has 5 nitrogen and oxygen atoms in total. The molecular formula is C19H24ClN3O2. The highest BCUT2D eigenvalue weighted by Crippen LogP contribution is 2.14. The Bertz CT molecular complexity index is 649. The summed E-state index contributed by atoms with van der Waals surface area (Å²) in [5, 5.41) is 6.29. The van der Waals surface area contributed by atoms with Gasteiger partial charge in [-0.15, -0.1) is 12.4 Å². The van der Waals surface area contributed by atoms with Gasteiger partial charge in [0.25, 0.3) is 0 Å². The molecule has 2 N–H and O–H groups in total. The van der Waals surface area contributed by atoms with E-state index in [1.54, 1.807) is 12.4 Å². The summed E-state index contributed by atoms with van der Waals surface area (Å²) in [6.07, 6.45) is 6.60. The molecule has 25 heavy (non-hydrogen) atoms. The van der Waals surface area contributed by atoms with Crippen LogP contribution in [-0.2, 0) is 17.9 Å². The van der Waals surface area contributed by atoms with Crippen LogP contribution < -0.4 is 15.4 Å². The molecule has 134 valence electrons. The minimum atomic E-state index is -0.0889. The van der Waals surface area contributed by atoms with Crippen LogP contribution in [0.25, 0.3) is 0 Å². The lowest BCUT2D eigenvalue weighted by molar-refractivity contribution is -0.122. The average Bonchev–Trinajstić information content (AvgIpc) is 2.84. The maximum atomic E-state index is 11.9. The van der Waals surface area contributed by atoms with Gasteiger partial charge in [0.05, 0.1) is 6.04 Å². The summed E-state index contributed by atoms with van der Waals surface area (Å²) in [7, 11) is 0. The number of hydrogen-bond donors (Lipinski definition) is 2. The van der Waals surface area contributed by atoms with Crippen LogP contribution >= 0.6 is 12.4 Å². The summed E-state index contributed by atoms with van der Waals surface area (Å²) in [5.74, 6) is 0.943. The van der Waals surface area contributed by atoms with Gasteiger partial charge in [0.2, 0.25) is 5.91 Å². The highest BCUT2D eigenvalue weighted by molar-refractivity contribution is 5.85. The monoisotopic (exact) mass is 361 g/mol. The van der Waals surface area contributed by atoms with Crippen LogP contribution in [-0.4, -0.2) is 23.5 Å². The number of rotatable bonds is 6. The molecule has 0 aliphatic carbocycles. The second kappa shape index (κ2) is 10.0. The van der Waals surface area contributed by atoms with Crippen molar-refractivity contribution >= 4 is 18.3 Å². The standard InChI is InChI=1S/C19H23N3O2.ClH/c23-19-18(5-1-2-11-21-19)22-13-15-6-8-17(9-7-15)24-14-16-4-3-10-20-12-16;/h3-4,6-10,12,18,22H,1-2,5,11,13-14H2,(H,21,23);1H. The van der Waals surface area contributed by atoms with Gasteiger partial charge in [-0.2, -0.15) is 0 Å². The number of ether oxygens (including phenoxy) is 1. The molecule has 2 aromatic rings. The number of carbonyl (C=O) groups is 1. The number of nitrogens with zero attached hydrogens (tertiary/aromatic N) is 1. The zero-order chi connectivity index (χ0) is 16.6. The molecule has 1 saturated heterocycles. The van der Waals surface area contributed by atoms with Crippen LogP contribution in [0.2, 0.25) is 0 Å². The minimum absolute atomic E-state index is 0. The first-order chi connectivity index (χ1) is 11.8. The van der Waals surface area contributed by atoms with Gasteiger partial charge in [-0.3, -0.25) is 9.78 Å². The maximum absolute atomic E-state index is 11.9. The molecule has 6 heteroatoms. The third kappa shape index (κ3) is 6.03. The Balaban J connectivity index is 0.00000225. The molecule has 1 fully saturated rings. The summed E-state index contributed by atoms with van der Waals surface area (Å²) in [6, 6.07) is 11.8. The topological polar surface area (TPSA) is 63.2 Å². The van der Waals surface area contributed by atoms with E-state index < -0.39 is 0 Å². The van der Waals surface area contributed by atoms with E-state index in [9.17, 15) is 4.79 Å². The number of amides is 1. The van der Waals surface area contributed by atoms with Crippen LogP contribution in [0.5, 0.6) is 5.75 Å². The van der Waals surface area contributed by atoms with Crippen LogP contribution in [0.1, 0.15) is 30.4 Å². The third-order valence-corrected chi connectivity index (χ3v) is 4.14. The molecule has 1 aliphatic heterocycles. The second-order valence-corrected chi connectivity index (χ2v) is 6.01. The predicted octanol–water partition coefficient (Wildman–Crippen LogP) is 2.84. The molecular weight excluding hydrogens is 338 g/mol. The highest BCUT2D eigenvalue weighted by Gasteiger charge is 2.19. The molecule has 1 unspecified atom stereocenters. The van der Waals surface area contributed by atoms with Crippen molar-refractivity contribution in [3.63, 3.8) is 0 Å². The van der Waals surface area contributed by atoms with E-state index in [-0.39, 0.29) is 24.4 Å². The number of benzene rings is 1. The first kappa shape index (κ1) is 19.2. The van der Waals surface area contributed by atoms with Crippen LogP contribution in [0.4, 0.5) is 0 Å². The molecule has 1 aromatic carbocycles. The molecule has 0 radical (unpaired) electrons. The van der Waals surface area contributed by atoms with Crippen LogP contribution in [0.15, 0.2) is 48.8 Å². The molecule has 2 heterocycles. The van der Waals surface area contributed by atoms with Gasteiger partial charge in [0.1, 0.15) is 12.4 Å². The number of pyridine rings is 1. The molecule has 1 amide bonds. The van der Waals surface area contributed by atoms with Gasteiger partial charge < -0.3 is 15.4 Å². The van der Waals surface area contributed by atoms with E-state index in [0.29, 0.717) is 13.2 Å². The van der Waals surface area contributed by atoms with E-state index in [4.69, 9.17) is 4.74 Å².